The molecular formula is C19H20N2O7. The monoisotopic (exact) mass is 388 g/mol. The fourth-order valence-corrected chi connectivity index (χ4v) is 2.46. The molecule has 0 heterocycles. The van der Waals surface area contributed by atoms with Crippen molar-refractivity contribution in [2.75, 3.05) is 20.2 Å². The maximum absolute atomic E-state index is 12.9. The van der Waals surface area contributed by atoms with Crippen LogP contribution in [0, 0.1) is 10.1 Å². The van der Waals surface area contributed by atoms with Gasteiger partial charge in [0.25, 0.3) is 11.6 Å². The second-order valence-corrected chi connectivity index (χ2v) is 5.74. The zero-order chi connectivity index (χ0) is 20.7. The van der Waals surface area contributed by atoms with Crippen LogP contribution >= 0.6 is 0 Å². The van der Waals surface area contributed by atoms with Gasteiger partial charge in [-0.3, -0.25) is 19.7 Å². The molecule has 0 aliphatic carbocycles. The van der Waals surface area contributed by atoms with Gasteiger partial charge in [0, 0.05) is 25.2 Å². The highest BCUT2D eigenvalue weighted by Crippen LogP contribution is 2.30. The average molecular weight is 388 g/mol. The SMILES string of the molecule is CCN(CCC(=O)O)C(=O)c1cc([N+](=O)[O-])ccc1Oc1ccc(OC)cc1. The Labute approximate surface area is 161 Å². The molecule has 0 saturated heterocycles. The van der Waals surface area contributed by atoms with Crippen molar-refractivity contribution in [3.8, 4) is 17.2 Å². The Bertz CT molecular complexity index is 865. The number of nitro benzene ring substituents is 1. The van der Waals surface area contributed by atoms with Crippen LogP contribution in [0.5, 0.6) is 17.2 Å². The van der Waals surface area contributed by atoms with Crippen LogP contribution in [0.15, 0.2) is 42.5 Å². The molecule has 0 spiro atoms. The molecule has 0 bridgehead atoms. The molecule has 0 atom stereocenters. The molecule has 1 N–H and O–H groups in total. The minimum Gasteiger partial charge on any atom is -0.497 e. The van der Waals surface area contributed by atoms with Crippen LogP contribution in [0.1, 0.15) is 23.7 Å². The van der Waals surface area contributed by atoms with Gasteiger partial charge in [0.15, 0.2) is 0 Å². The van der Waals surface area contributed by atoms with Crippen LogP contribution < -0.4 is 9.47 Å². The molecule has 2 aromatic rings. The number of hydrogen-bond acceptors (Lipinski definition) is 6. The Balaban J connectivity index is 2.37. The molecule has 2 aromatic carbocycles. The Hall–Kier alpha value is -3.62. The second kappa shape index (κ2) is 9.36. The Kier molecular flexibility index (Phi) is 6.91. The summed E-state index contributed by atoms with van der Waals surface area (Å²) in [6, 6.07) is 10.3. The standard InChI is InChI=1S/C19H20N2O7/c1-3-20(11-10-18(22)23)19(24)16-12-13(21(25)26)4-9-17(16)28-15-7-5-14(27-2)6-8-15/h4-9,12H,3,10-11H2,1-2H3,(H,22,23). The lowest BCUT2D eigenvalue weighted by molar-refractivity contribution is -0.384. The molecule has 148 valence electrons. The van der Waals surface area contributed by atoms with E-state index in [0.717, 1.165) is 6.07 Å². The number of benzene rings is 2. The molecule has 0 aliphatic heterocycles. The number of carbonyl (C=O) groups excluding carboxylic acids is 1. The summed E-state index contributed by atoms with van der Waals surface area (Å²) in [5.74, 6) is -0.416. The molecule has 0 saturated carbocycles. The molecule has 0 unspecified atom stereocenters. The highest BCUT2D eigenvalue weighted by atomic mass is 16.6. The van der Waals surface area contributed by atoms with Crippen molar-refractivity contribution in [1.29, 1.82) is 0 Å². The first-order valence-electron chi connectivity index (χ1n) is 8.47. The lowest BCUT2D eigenvalue weighted by Crippen LogP contribution is -2.33. The molecule has 0 radical (unpaired) electrons. The minimum absolute atomic E-state index is 0.0164. The van der Waals surface area contributed by atoms with Crippen LogP contribution in [0.2, 0.25) is 0 Å². The summed E-state index contributed by atoms with van der Waals surface area (Å²) in [6.45, 7) is 1.92. The highest BCUT2D eigenvalue weighted by Gasteiger charge is 2.23. The van der Waals surface area contributed by atoms with E-state index in [9.17, 15) is 19.7 Å². The number of carbonyl (C=O) groups is 2. The third-order valence-electron chi connectivity index (χ3n) is 3.96. The zero-order valence-electron chi connectivity index (χ0n) is 15.5. The summed E-state index contributed by atoms with van der Waals surface area (Å²) in [6.07, 6.45) is -0.233. The maximum atomic E-state index is 12.9. The van der Waals surface area contributed by atoms with Crippen molar-refractivity contribution in [2.24, 2.45) is 0 Å². The lowest BCUT2D eigenvalue weighted by atomic mass is 10.1. The van der Waals surface area contributed by atoms with E-state index in [1.165, 1.54) is 24.1 Å². The lowest BCUT2D eigenvalue weighted by Gasteiger charge is -2.21. The quantitative estimate of drug-likeness (QED) is 0.517. The third-order valence-corrected chi connectivity index (χ3v) is 3.96. The van der Waals surface area contributed by atoms with Gasteiger partial charge in [0.05, 0.1) is 24.0 Å². The summed E-state index contributed by atoms with van der Waals surface area (Å²) < 4.78 is 10.8. The Morgan fingerprint density at radius 3 is 2.32 bits per heavy atom. The zero-order valence-corrected chi connectivity index (χ0v) is 15.5. The van der Waals surface area contributed by atoms with E-state index < -0.39 is 16.8 Å². The van der Waals surface area contributed by atoms with Gasteiger partial charge in [-0.05, 0) is 37.3 Å². The van der Waals surface area contributed by atoms with Crippen molar-refractivity contribution >= 4 is 17.6 Å². The van der Waals surface area contributed by atoms with Gasteiger partial charge in [-0.25, -0.2) is 0 Å². The number of amides is 1. The topological polar surface area (TPSA) is 119 Å². The van der Waals surface area contributed by atoms with Crippen LogP contribution in [-0.2, 0) is 4.79 Å². The third kappa shape index (κ3) is 5.19. The number of nitro groups is 1. The minimum atomic E-state index is -1.04. The smallest absolute Gasteiger partial charge is 0.305 e. The number of methoxy groups -OCH3 is 1. The largest absolute Gasteiger partial charge is 0.497 e. The van der Waals surface area contributed by atoms with Crippen molar-refractivity contribution in [3.05, 3.63) is 58.1 Å². The number of carboxylic acids is 1. The van der Waals surface area contributed by atoms with E-state index in [1.807, 2.05) is 0 Å². The van der Waals surface area contributed by atoms with Crippen molar-refractivity contribution in [2.45, 2.75) is 13.3 Å². The normalized spacial score (nSPS) is 10.2. The molecule has 28 heavy (non-hydrogen) atoms. The fourth-order valence-electron chi connectivity index (χ4n) is 2.46. The number of nitrogens with zero attached hydrogens (tertiary/aromatic N) is 2. The number of rotatable bonds is 9. The summed E-state index contributed by atoms with van der Waals surface area (Å²) >= 11 is 0. The van der Waals surface area contributed by atoms with Gasteiger partial charge < -0.3 is 19.5 Å². The van der Waals surface area contributed by atoms with Crippen molar-refractivity contribution in [1.82, 2.24) is 4.90 Å². The summed E-state index contributed by atoms with van der Waals surface area (Å²) in [4.78, 5) is 35.5. The van der Waals surface area contributed by atoms with E-state index in [-0.39, 0.29) is 36.5 Å². The Morgan fingerprint density at radius 2 is 1.79 bits per heavy atom. The highest BCUT2D eigenvalue weighted by molar-refractivity contribution is 5.98. The summed E-state index contributed by atoms with van der Waals surface area (Å²) in [5, 5.41) is 20.0. The van der Waals surface area contributed by atoms with Gasteiger partial charge in [-0.15, -0.1) is 0 Å². The number of aliphatic carboxylic acids is 1. The average Bonchev–Trinajstić information content (AvgIpc) is 2.68. The second-order valence-electron chi connectivity index (χ2n) is 5.74. The van der Waals surface area contributed by atoms with Crippen LogP contribution in [0.3, 0.4) is 0 Å². The molecule has 0 fully saturated rings. The fraction of sp³-hybridized carbons (Fsp3) is 0.263. The first-order valence-corrected chi connectivity index (χ1v) is 8.47. The van der Waals surface area contributed by atoms with Gasteiger partial charge in [-0.2, -0.15) is 0 Å². The Morgan fingerprint density at radius 1 is 1.14 bits per heavy atom. The van der Waals surface area contributed by atoms with E-state index in [0.29, 0.717) is 11.5 Å². The molecule has 2 rings (SSSR count). The van der Waals surface area contributed by atoms with Crippen LogP contribution in [-0.4, -0.2) is 47.0 Å². The first kappa shape index (κ1) is 20.7. The van der Waals surface area contributed by atoms with Gasteiger partial charge in [0.2, 0.25) is 0 Å². The molecule has 1 amide bonds. The van der Waals surface area contributed by atoms with Crippen LogP contribution in [0.25, 0.3) is 0 Å². The van der Waals surface area contributed by atoms with E-state index >= 15 is 0 Å². The molecule has 9 heteroatoms. The number of ether oxygens (including phenoxy) is 2. The molecular weight excluding hydrogens is 368 g/mol. The van der Waals surface area contributed by atoms with Gasteiger partial charge in [0.1, 0.15) is 17.2 Å². The molecule has 0 aliphatic rings. The van der Waals surface area contributed by atoms with E-state index in [4.69, 9.17) is 14.6 Å². The molecule has 0 aromatic heterocycles. The summed E-state index contributed by atoms with van der Waals surface area (Å²) in [5.41, 5.74) is -0.281. The first-order chi connectivity index (χ1) is 13.3. The van der Waals surface area contributed by atoms with Gasteiger partial charge >= 0.3 is 5.97 Å². The van der Waals surface area contributed by atoms with Crippen molar-refractivity contribution in [3.63, 3.8) is 0 Å². The number of non-ortho nitro benzene ring substituents is 1. The van der Waals surface area contributed by atoms with Crippen molar-refractivity contribution < 1.29 is 29.1 Å². The van der Waals surface area contributed by atoms with E-state index in [2.05, 4.69) is 0 Å². The predicted octanol–water partition coefficient (Wildman–Crippen LogP) is 3.33. The van der Waals surface area contributed by atoms with Crippen LogP contribution in [0.4, 0.5) is 5.69 Å². The maximum Gasteiger partial charge on any atom is 0.305 e. The van der Waals surface area contributed by atoms with E-state index in [1.54, 1.807) is 31.2 Å². The number of carboxylic acid groups (broad SMARTS) is 1. The molecule has 9 nitrogen and oxygen atoms in total. The van der Waals surface area contributed by atoms with Gasteiger partial charge in [-0.1, -0.05) is 0 Å². The number of hydrogen-bond donors (Lipinski definition) is 1. The predicted molar refractivity (Wildman–Crippen MR) is 100.0 cm³/mol. The summed E-state index contributed by atoms with van der Waals surface area (Å²) in [7, 11) is 1.53.